The van der Waals surface area contributed by atoms with Gasteiger partial charge < -0.3 is 4.98 Å². The number of nitro groups is 1. The summed E-state index contributed by atoms with van der Waals surface area (Å²) >= 11 is 0. The van der Waals surface area contributed by atoms with Crippen LogP contribution in [0.25, 0.3) is 33.7 Å². The molecule has 2 heterocycles. The molecular formula is C19H14N6O3. The number of allylic oxidation sites excluding steroid dienone is 1. The molecule has 0 aliphatic rings. The molecule has 4 aromatic rings. The maximum absolute atomic E-state index is 12.2. The van der Waals surface area contributed by atoms with E-state index in [-0.39, 0.29) is 22.5 Å². The Hall–Kier alpha value is -4.19. The van der Waals surface area contributed by atoms with Gasteiger partial charge in [0.05, 0.1) is 38.1 Å². The maximum atomic E-state index is 12.2. The Labute approximate surface area is 157 Å². The highest BCUT2D eigenvalue weighted by Crippen LogP contribution is 2.29. The first-order valence-corrected chi connectivity index (χ1v) is 8.31. The fourth-order valence-corrected chi connectivity index (χ4v) is 3.21. The van der Waals surface area contributed by atoms with Crippen molar-refractivity contribution in [3.8, 4) is 6.07 Å². The van der Waals surface area contributed by atoms with Gasteiger partial charge in [-0.05, 0) is 24.3 Å². The van der Waals surface area contributed by atoms with Crippen LogP contribution in [0.2, 0.25) is 0 Å². The van der Waals surface area contributed by atoms with Crippen molar-refractivity contribution in [1.82, 2.24) is 19.1 Å². The van der Waals surface area contributed by atoms with Crippen molar-refractivity contribution >= 4 is 39.4 Å². The second kappa shape index (κ2) is 6.21. The highest BCUT2D eigenvalue weighted by Gasteiger charge is 2.19. The van der Waals surface area contributed by atoms with Crippen molar-refractivity contribution in [2.75, 3.05) is 0 Å². The summed E-state index contributed by atoms with van der Waals surface area (Å²) in [6, 6.07) is 12.2. The number of rotatable bonds is 3. The normalized spacial score (nSPS) is 11.8. The number of nitriles is 1. The summed E-state index contributed by atoms with van der Waals surface area (Å²) in [6.07, 6.45) is 1.41. The Balaban J connectivity index is 1.97. The number of nitrogens with one attached hydrogen (secondary N) is 1. The van der Waals surface area contributed by atoms with Gasteiger partial charge in [-0.15, -0.1) is 0 Å². The van der Waals surface area contributed by atoms with Crippen molar-refractivity contribution in [2.45, 2.75) is 0 Å². The number of para-hydroxylation sites is 2. The molecule has 0 aliphatic heterocycles. The Kier molecular flexibility index (Phi) is 3.82. The molecule has 2 aromatic carbocycles. The minimum absolute atomic E-state index is 0.152. The lowest BCUT2D eigenvalue weighted by Gasteiger charge is -2.02. The first-order chi connectivity index (χ1) is 13.4. The van der Waals surface area contributed by atoms with E-state index in [4.69, 9.17) is 0 Å². The third kappa shape index (κ3) is 2.55. The molecule has 9 heteroatoms. The van der Waals surface area contributed by atoms with Crippen LogP contribution < -0.4 is 5.69 Å². The summed E-state index contributed by atoms with van der Waals surface area (Å²) in [4.78, 5) is 30.6. The van der Waals surface area contributed by atoms with Crippen LogP contribution >= 0.6 is 0 Å². The van der Waals surface area contributed by atoms with E-state index in [1.165, 1.54) is 27.3 Å². The van der Waals surface area contributed by atoms with E-state index in [9.17, 15) is 20.2 Å². The average molecular weight is 374 g/mol. The van der Waals surface area contributed by atoms with E-state index in [1.807, 2.05) is 24.3 Å². The first-order valence-electron chi connectivity index (χ1n) is 8.31. The van der Waals surface area contributed by atoms with E-state index in [0.717, 1.165) is 5.52 Å². The Bertz CT molecular complexity index is 1360. The first kappa shape index (κ1) is 17.2. The summed E-state index contributed by atoms with van der Waals surface area (Å²) < 4.78 is 2.75. The molecule has 0 saturated carbocycles. The number of aromatic amines is 1. The van der Waals surface area contributed by atoms with E-state index in [2.05, 4.69) is 9.97 Å². The zero-order valence-corrected chi connectivity index (χ0v) is 15.0. The second-order valence-electron chi connectivity index (χ2n) is 6.33. The number of hydrogen-bond donors (Lipinski definition) is 1. The van der Waals surface area contributed by atoms with Crippen LogP contribution in [0.5, 0.6) is 0 Å². The lowest BCUT2D eigenvalue weighted by Crippen LogP contribution is -2.19. The van der Waals surface area contributed by atoms with Crippen LogP contribution in [-0.2, 0) is 14.1 Å². The minimum Gasteiger partial charge on any atom is -0.337 e. The van der Waals surface area contributed by atoms with Gasteiger partial charge >= 0.3 is 5.69 Å². The van der Waals surface area contributed by atoms with Crippen molar-refractivity contribution in [3.63, 3.8) is 0 Å². The van der Waals surface area contributed by atoms with E-state index < -0.39 is 4.92 Å². The smallest absolute Gasteiger partial charge is 0.328 e. The highest BCUT2D eigenvalue weighted by atomic mass is 16.6. The van der Waals surface area contributed by atoms with Crippen LogP contribution in [0.1, 0.15) is 11.4 Å². The van der Waals surface area contributed by atoms with Gasteiger partial charge in [0.2, 0.25) is 0 Å². The van der Waals surface area contributed by atoms with Crippen molar-refractivity contribution in [1.29, 1.82) is 5.26 Å². The van der Waals surface area contributed by atoms with Gasteiger partial charge in [-0.1, -0.05) is 12.1 Å². The number of fused-ring (bicyclic) bond motifs is 2. The second-order valence-corrected chi connectivity index (χ2v) is 6.33. The van der Waals surface area contributed by atoms with Crippen LogP contribution in [0.4, 0.5) is 5.69 Å². The third-order valence-corrected chi connectivity index (χ3v) is 4.68. The summed E-state index contributed by atoms with van der Waals surface area (Å²) in [7, 11) is 3.15. The lowest BCUT2D eigenvalue weighted by molar-refractivity contribution is -0.385. The largest absolute Gasteiger partial charge is 0.337 e. The van der Waals surface area contributed by atoms with Crippen molar-refractivity contribution in [3.05, 3.63) is 68.4 Å². The third-order valence-electron chi connectivity index (χ3n) is 4.68. The molecule has 0 spiro atoms. The molecule has 138 valence electrons. The van der Waals surface area contributed by atoms with Gasteiger partial charge in [0, 0.05) is 20.2 Å². The molecule has 0 saturated heterocycles. The topological polar surface area (TPSA) is 123 Å². The van der Waals surface area contributed by atoms with Crippen LogP contribution in [0.15, 0.2) is 41.2 Å². The van der Waals surface area contributed by atoms with Crippen LogP contribution in [0.3, 0.4) is 0 Å². The molecule has 0 bridgehead atoms. The molecule has 4 rings (SSSR count). The summed E-state index contributed by atoms with van der Waals surface area (Å²) in [5, 5.41) is 21.2. The number of H-pyrrole nitrogens is 1. The maximum Gasteiger partial charge on any atom is 0.328 e. The Morgan fingerprint density at radius 1 is 1.25 bits per heavy atom. The fourth-order valence-electron chi connectivity index (χ4n) is 3.21. The van der Waals surface area contributed by atoms with Crippen LogP contribution in [0, 0.1) is 21.4 Å². The monoisotopic (exact) mass is 374 g/mol. The zero-order chi connectivity index (χ0) is 20.0. The summed E-state index contributed by atoms with van der Waals surface area (Å²) in [5.41, 5.74) is 2.31. The van der Waals surface area contributed by atoms with Crippen molar-refractivity contribution < 1.29 is 4.92 Å². The molecule has 28 heavy (non-hydrogen) atoms. The molecule has 9 nitrogen and oxygen atoms in total. The van der Waals surface area contributed by atoms with Gasteiger partial charge in [0.15, 0.2) is 0 Å². The number of aromatic nitrogens is 4. The number of nitrogens with zero attached hydrogens (tertiary/aromatic N) is 5. The molecule has 0 radical (unpaired) electrons. The van der Waals surface area contributed by atoms with E-state index in [1.54, 1.807) is 20.2 Å². The number of aryl methyl sites for hydroxylation is 2. The summed E-state index contributed by atoms with van der Waals surface area (Å²) in [5.74, 6) is 0.319. The molecular weight excluding hydrogens is 360 g/mol. The standard InChI is InChI=1S/C19H14N6O3/c1-23-16-8-11(15(25(27)28)9-17(16)24(2)19(23)26)7-12(10-20)18-21-13-5-3-4-6-14(13)22-18/h3-9H,1-2H3,(H,21,22). The SMILES string of the molecule is Cn1c(=O)n(C)c2cc([N+](=O)[O-])c(C=C(C#N)c3nc4ccccc4[nH]3)cc21. The number of nitro benzene ring substituents is 1. The summed E-state index contributed by atoms with van der Waals surface area (Å²) in [6.45, 7) is 0. The van der Waals surface area contributed by atoms with Gasteiger partial charge in [-0.3, -0.25) is 19.2 Å². The average Bonchev–Trinajstić information content (AvgIpc) is 3.21. The van der Waals surface area contributed by atoms with Crippen molar-refractivity contribution in [2.24, 2.45) is 14.1 Å². The quantitative estimate of drug-likeness (QED) is 0.335. The molecule has 1 N–H and O–H groups in total. The van der Waals surface area contributed by atoms with Gasteiger partial charge in [0.1, 0.15) is 11.9 Å². The molecule has 2 aromatic heterocycles. The Morgan fingerprint density at radius 2 is 1.93 bits per heavy atom. The zero-order valence-electron chi connectivity index (χ0n) is 15.0. The molecule has 0 atom stereocenters. The minimum atomic E-state index is -0.531. The fraction of sp³-hybridized carbons (Fsp3) is 0.105. The van der Waals surface area contributed by atoms with Gasteiger partial charge in [-0.2, -0.15) is 5.26 Å². The lowest BCUT2D eigenvalue weighted by atomic mass is 10.1. The predicted octanol–water partition coefficient (Wildman–Crippen LogP) is 2.73. The van der Waals surface area contributed by atoms with Gasteiger partial charge in [0.25, 0.3) is 5.69 Å². The number of hydrogen-bond acceptors (Lipinski definition) is 5. The highest BCUT2D eigenvalue weighted by molar-refractivity contribution is 5.94. The predicted molar refractivity (Wildman–Crippen MR) is 104 cm³/mol. The van der Waals surface area contributed by atoms with Crippen LogP contribution in [-0.4, -0.2) is 24.0 Å². The van der Waals surface area contributed by atoms with E-state index >= 15 is 0 Å². The molecule has 0 aliphatic carbocycles. The van der Waals surface area contributed by atoms with E-state index in [0.29, 0.717) is 22.4 Å². The van der Waals surface area contributed by atoms with Gasteiger partial charge in [-0.25, -0.2) is 9.78 Å². The Morgan fingerprint density at radius 3 is 2.57 bits per heavy atom. The molecule has 0 amide bonds. The number of imidazole rings is 2. The molecule has 0 fully saturated rings. The molecule has 0 unspecified atom stereocenters. The number of benzene rings is 2.